The van der Waals surface area contributed by atoms with Gasteiger partial charge in [0.25, 0.3) is 0 Å². The van der Waals surface area contributed by atoms with E-state index in [1.165, 1.54) is 0 Å². The second-order valence-electron chi connectivity index (χ2n) is 4.29. The van der Waals surface area contributed by atoms with E-state index in [1.807, 2.05) is 12.1 Å². The quantitative estimate of drug-likeness (QED) is 0.851. The molecular formula is C13H14N2O2. The van der Waals surface area contributed by atoms with Crippen LogP contribution in [0.2, 0.25) is 0 Å². The van der Waals surface area contributed by atoms with Gasteiger partial charge >= 0.3 is 0 Å². The fraction of sp³-hybridized carbons (Fsp3) is 0.385. The molecule has 0 spiro atoms. The van der Waals surface area contributed by atoms with Crippen molar-refractivity contribution >= 4 is 5.91 Å². The zero-order chi connectivity index (χ0) is 12.3. The molecule has 4 heteroatoms. The van der Waals surface area contributed by atoms with E-state index in [0.717, 1.165) is 5.56 Å². The molecule has 0 radical (unpaired) electrons. The lowest BCUT2D eigenvalue weighted by Gasteiger charge is -2.35. The Morgan fingerprint density at radius 1 is 1.41 bits per heavy atom. The van der Waals surface area contributed by atoms with Crippen molar-refractivity contribution < 1.29 is 9.90 Å². The largest absolute Gasteiger partial charge is 0.508 e. The highest BCUT2D eigenvalue weighted by atomic mass is 16.3. The van der Waals surface area contributed by atoms with Gasteiger partial charge in [-0.3, -0.25) is 4.79 Å². The van der Waals surface area contributed by atoms with Crippen LogP contribution >= 0.6 is 0 Å². The number of carbonyl (C=O) groups excluding carboxylic acids is 1. The number of hydrogen-bond acceptors (Lipinski definition) is 3. The number of aromatic hydroxyl groups is 1. The predicted octanol–water partition coefficient (Wildman–Crippen LogP) is 1.31. The monoisotopic (exact) mass is 230 g/mol. The van der Waals surface area contributed by atoms with Gasteiger partial charge in [-0.1, -0.05) is 12.1 Å². The molecule has 2 rings (SSSR count). The summed E-state index contributed by atoms with van der Waals surface area (Å²) in [6, 6.07) is 9.02. The zero-order valence-corrected chi connectivity index (χ0v) is 9.47. The SMILES string of the molecule is N#CC1CN(C(=O)CCc2ccc(O)cc2)C1. The molecule has 1 aromatic carbocycles. The Labute approximate surface area is 100 Å². The van der Waals surface area contributed by atoms with Crippen molar-refractivity contribution in [3.63, 3.8) is 0 Å². The van der Waals surface area contributed by atoms with Crippen molar-refractivity contribution in [2.24, 2.45) is 5.92 Å². The molecular weight excluding hydrogens is 216 g/mol. The summed E-state index contributed by atoms with van der Waals surface area (Å²) >= 11 is 0. The molecule has 1 aliphatic heterocycles. The van der Waals surface area contributed by atoms with Gasteiger partial charge in [0.15, 0.2) is 0 Å². The van der Waals surface area contributed by atoms with Gasteiger partial charge < -0.3 is 10.0 Å². The Kier molecular flexibility index (Phi) is 3.29. The van der Waals surface area contributed by atoms with E-state index in [1.54, 1.807) is 17.0 Å². The first-order valence-electron chi connectivity index (χ1n) is 5.64. The summed E-state index contributed by atoms with van der Waals surface area (Å²) in [6.07, 6.45) is 1.13. The number of benzene rings is 1. The number of hydrogen-bond donors (Lipinski definition) is 1. The lowest BCUT2D eigenvalue weighted by molar-refractivity contribution is -0.136. The minimum absolute atomic E-state index is 0.0209. The second kappa shape index (κ2) is 4.88. The lowest BCUT2D eigenvalue weighted by atomic mass is 10.0. The average molecular weight is 230 g/mol. The molecule has 1 aliphatic rings. The van der Waals surface area contributed by atoms with E-state index in [4.69, 9.17) is 10.4 Å². The number of likely N-dealkylation sites (tertiary alicyclic amines) is 1. The molecule has 0 aliphatic carbocycles. The van der Waals surface area contributed by atoms with Crippen LogP contribution in [-0.2, 0) is 11.2 Å². The van der Waals surface area contributed by atoms with Crippen LogP contribution in [0.15, 0.2) is 24.3 Å². The highest BCUT2D eigenvalue weighted by Crippen LogP contribution is 2.17. The van der Waals surface area contributed by atoms with E-state index in [2.05, 4.69) is 6.07 Å². The topological polar surface area (TPSA) is 64.3 Å². The van der Waals surface area contributed by atoms with Crippen LogP contribution in [0.3, 0.4) is 0 Å². The third-order valence-electron chi connectivity index (χ3n) is 2.98. The van der Waals surface area contributed by atoms with Crippen LogP contribution in [-0.4, -0.2) is 29.0 Å². The molecule has 0 bridgehead atoms. The molecule has 17 heavy (non-hydrogen) atoms. The minimum atomic E-state index is 0.0209. The summed E-state index contributed by atoms with van der Waals surface area (Å²) in [5.41, 5.74) is 1.04. The number of nitrogens with zero attached hydrogens (tertiary/aromatic N) is 2. The van der Waals surface area contributed by atoms with Gasteiger partial charge in [-0.25, -0.2) is 0 Å². The Morgan fingerprint density at radius 3 is 2.65 bits per heavy atom. The Hall–Kier alpha value is -2.02. The minimum Gasteiger partial charge on any atom is -0.508 e. The number of rotatable bonds is 3. The molecule has 0 unspecified atom stereocenters. The van der Waals surface area contributed by atoms with E-state index in [-0.39, 0.29) is 17.6 Å². The average Bonchev–Trinajstić information content (AvgIpc) is 2.27. The van der Waals surface area contributed by atoms with Crippen molar-refractivity contribution in [3.8, 4) is 11.8 Å². The standard InChI is InChI=1S/C13H14N2O2/c14-7-11-8-15(9-11)13(17)6-3-10-1-4-12(16)5-2-10/h1-2,4-5,11,16H,3,6,8-9H2. The second-order valence-corrected chi connectivity index (χ2v) is 4.29. The van der Waals surface area contributed by atoms with Gasteiger partial charge in [-0.15, -0.1) is 0 Å². The summed E-state index contributed by atoms with van der Waals surface area (Å²) in [4.78, 5) is 13.4. The third kappa shape index (κ3) is 2.76. The van der Waals surface area contributed by atoms with Crippen LogP contribution in [0.4, 0.5) is 0 Å². The van der Waals surface area contributed by atoms with Crippen LogP contribution in [0.25, 0.3) is 0 Å². The van der Waals surface area contributed by atoms with Crippen LogP contribution in [0.1, 0.15) is 12.0 Å². The van der Waals surface area contributed by atoms with Gasteiger partial charge in [0.1, 0.15) is 5.75 Å². The van der Waals surface area contributed by atoms with Crippen LogP contribution in [0, 0.1) is 17.2 Å². The fourth-order valence-corrected chi connectivity index (χ4v) is 1.84. The molecule has 1 heterocycles. The Bertz CT molecular complexity index is 441. The first-order chi connectivity index (χ1) is 8.19. The maximum absolute atomic E-state index is 11.7. The van der Waals surface area contributed by atoms with Gasteiger partial charge in [-0.2, -0.15) is 5.26 Å². The smallest absolute Gasteiger partial charge is 0.222 e. The van der Waals surface area contributed by atoms with Crippen LogP contribution < -0.4 is 0 Å². The number of phenolic OH excluding ortho intramolecular Hbond substituents is 1. The Balaban J connectivity index is 1.77. The highest BCUT2D eigenvalue weighted by molar-refractivity contribution is 5.77. The highest BCUT2D eigenvalue weighted by Gasteiger charge is 2.29. The van der Waals surface area contributed by atoms with Crippen molar-refractivity contribution in [2.75, 3.05) is 13.1 Å². The maximum Gasteiger partial charge on any atom is 0.222 e. The molecule has 0 aromatic heterocycles. The predicted molar refractivity (Wildman–Crippen MR) is 62.1 cm³/mol. The lowest BCUT2D eigenvalue weighted by Crippen LogP contribution is -2.49. The zero-order valence-electron chi connectivity index (χ0n) is 9.47. The number of aryl methyl sites for hydroxylation is 1. The van der Waals surface area contributed by atoms with Gasteiger partial charge in [0.05, 0.1) is 12.0 Å². The molecule has 1 saturated heterocycles. The van der Waals surface area contributed by atoms with Crippen molar-refractivity contribution in [2.45, 2.75) is 12.8 Å². The van der Waals surface area contributed by atoms with Crippen LogP contribution in [0.5, 0.6) is 5.75 Å². The number of amides is 1. The van der Waals surface area contributed by atoms with E-state index in [0.29, 0.717) is 25.9 Å². The molecule has 88 valence electrons. The molecule has 0 saturated carbocycles. The van der Waals surface area contributed by atoms with Crippen molar-refractivity contribution in [3.05, 3.63) is 29.8 Å². The summed E-state index contributed by atoms with van der Waals surface area (Å²) in [6.45, 7) is 1.15. The van der Waals surface area contributed by atoms with Gasteiger partial charge in [-0.05, 0) is 24.1 Å². The van der Waals surface area contributed by atoms with E-state index in [9.17, 15) is 4.79 Å². The fourth-order valence-electron chi connectivity index (χ4n) is 1.84. The normalized spacial score (nSPS) is 15.1. The maximum atomic E-state index is 11.7. The number of phenols is 1. The summed E-state index contributed by atoms with van der Waals surface area (Å²) < 4.78 is 0. The van der Waals surface area contributed by atoms with E-state index >= 15 is 0 Å². The number of nitriles is 1. The first-order valence-corrected chi connectivity index (χ1v) is 5.64. The first kappa shape index (κ1) is 11.5. The summed E-state index contributed by atoms with van der Waals surface area (Å²) in [5.74, 6) is 0.358. The van der Waals surface area contributed by atoms with Gasteiger partial charge in [0.2, 0.25) is 5.91 Å². The number of carbonyl (C=O) groups is 1. The molecule has 4 nitrogen and oxygen atoms in total. The molecule has 1 amide bonds. The molecule has 1 aromatic rings. The third-order valence-corrected chi connectivity index (χ3v) is 2.98. The van der Waals surface area contributed by atoms with Crippen molar-refractivity contribution in [1.82, 2.24) is 4.90 Å². The van der Waals surface area contributed by atoms with Gasteiger partial charge in [0, 0.05) is 19.5 Å². The van der Waals surface area contributed by atoms with E-state index < -0.39 is 0 Å². The summed E-state index contributed by atoms with van der Waals surface area (Å²) in [7, 11) is 0. The van der Waals surface area contributed by atoms with Crippen molar-refractivity contribution in [1.29, 1.82) is 5.26 Å². The molecule has 1 N–H and O–H groups in total. The molecule has 0 atom stereocenters. The Morgan fingerprint density at radius 2 is 2.06 bits per heavy atom. The summed E-state index contributed by atoms with van der Waals surface area (Å²) in [5, 5.41) is 17.7. The molecule has 1 fully saturated rings.